The second-order valence-electron chi connectivity index (χ2n) is 10.6. The van der Waals surface area contributed by atoms with Crippen LogP contribution in [0.25, 0.3) is 16.9 Å². The first-order valence-electron chi connectivity index (χ1n) is 13.2. The van der Waals surface area contributed by atoms with Crippen LogP contribution in [0.15, 0.2) is 114 Å². The van der Waals surface area contributed by atoms with Crippen LogP contribution in [-0.4, -0.2) is 33.0 Å². The molecule has 0 unspecified atom stereocenters. The SMILES string of the molecule is CC(C)(C)c1ccc(C(=O)N(CC(=O)Nc2cc(-c3ccccc3)nn2-c2ccccc2)Cc2ccco2)cc1. The van der Waals surface area contributed by atoms with Crippen LogP contribution in [0, 0.1) is 0 Å². The normalized spacial score (nSPS) is 11.3. The first-order valence-corrected chi connectivity index (χ1v) is 13.2. The molecule has 0 spiro atoms. The zero-order chi connectivity index (χ0) is 28.1. The number of para-hydroxylation sites is 1. The lowest BCUT2D eigenvalue weighted by Crippen LogP contribution is -2.37. The highest BCUT2D eigenvalue weighted by molar-refractivity contribution is 5.99. The molecule has 3 aromatic carbocycles. The summed E-state index contributed by atoms with van der Waals surface area (Å²) >= 11 is 0. The number of anilines is 1. The van der Waals surface area contributed by atoms with Crippen LogP contribution in [0.4, 0.5) is 5.82 Å². The maximum absolute atomic E-state index is 13.6. The lowest BCUT2D eigenvalue weighted by Gasteiger charge is -2.23. The number of furan rings is 1. The lowest BCUT2D eigenvalue weighted by molar-refractivity contribution is -0.117. The number of benzene rings is 3. The number of nitrogens with one attached hydrogen (secondary N) is 1. The molecule has 2 heterocycles. The highest BCUT2D eigenvalue weighted by Crippen LogP contribution is 2.25. The van der Waals surface area contributed by atoms with E-state index in [-0.39, 0.29) is 30.3 Å². The smallest absolute Gasteiger partial charge is 0.254 e. The van der Waals surface area contributed by atoms with Crippen molar-refractivity contribution in [2.75, 3.05) is 11.9 Å². The van der Waals surface area contributed by atoms with Crippen molar-refractivity contribution in [2.45, 2.75) is 32.7 Å². The minimum Gasteiger partial charge on any atom is -0.467 e. The van der Waals surface area contributed by atoms with Crippen LogP contribution >= 0.6 is 0 Å². The van der Waals surface area contributed by atoms with E-state index < -0.39 is 0 Å². The summed E-state index contributed by atoms with van der Waals surface area (Å²) in [5.74, 6) is 0.500. The summed E-state index contributed by atoms with van der Waals surface area (Å²) in [4.78, 5) is 28.5. The van der Waals surface area contributed by atoms with Gasteiger partial charge < -0.3 is 14.6 Å². The Hall–Kier alpha value is -4.91. The van der Waals surface area contributed by atoms with Gasteiger partial charge in [-0.15, -0.1) is 0 Å². The van der Waals surface area contributed by atoms with E-state index in [2.05, 4.69) is 26.1 Å². The fourth-order valence-corrected chi connectivity index (χ4v) is 4.43. The fourth-order valence-electron chi connectivity index (χ4n) is 4.43. The first kappa shape index (κ1) is 26.7. The highest BCUT2D eigenvalue weighted by Gasteiger charge is 2.23. The van der Waals surface area contributed by atoms with Crippen molar-refractivity contribution in [3.05, 3.63) is 126 Å². The third-order valence-electron chi connectivity index (χ3n) is 6.59. The van der Waals surface area contributed by atoms with Crippen molar-refractivity contribution in [3.63, 3.8) is 0 Å². The molecule has 0 radical (unpaired) electrons. The van der Waals surface area contributed by atoms with Crippen LogP contribution in [0.3, 0.4) is 0 Å². The van der Waals surface area contributed by atoms with E-state index in [1.165, 1.54) is 4.90 Å². The van der Waals surface area contributed by atoms with Gasteiger partial charge in [0.25, 0.3) is 5.91 Å². The largest absolute Gasteiger partial charge is 0.467 e. The molecule has 0 aliphatic carbocycles. The summed E-state index contributed by atoms with van der Waals surface area (Å²) in [6, 6.07) is 32.3. The molecule has 5 rings (SSSR count). The van der Waals surface area contributed by atoms with Gasteiger partial charge in [0.15, 0.2) is 0 Å². The van der Waals surface area contributed by atoms with Gasteiger partial charge in [0, 0.05) is 17.2 Å². The van der Waals surface area contributed by atoms with Crippen molar-refractivity contribution in [1.29, 1.82) is 0 Å². The molecule has 1 N–H and O–H groups in total. The molecule has 2 aromatic heterocycles. The van der Waals surface area contributed by atoms with E-state index in [1.54, 1.807) is 23.1 Å². The van der Waals surface area contributed by atoms with Gasteiger partial charge in [0.05, 0.1) is 24.2 Å². The third-order valence-corrected chi connectivity index (χ3v) is 6.59. The zero-order valence-electron chi connectivity index (χ0n) is 22.9. The van der Waals surface area contributed by atoms with Crippen LogP contribution in [-0.2, 0) is 16.8 Å². The summed E-state index contributed by atoms with van der Waals surface area (Å²) in [7, 11) is 0. The fraction of sp³-hybridized carbons (Fsp3) is 0.182. The van der Waals surface area contributed by atoms with Crippen LogP contribution in [0.2, 0.25) is 0 Å². The van der Waals surface area contributed by atoms with Gasteiger partial charge in [-0.1, -0.05) is 81.4 Å². The number of rotatable bonds is 8. The average molecular weight is 533 g/mol. The van der Waals surface area contributed by atoms with E-state index in [4.69, 9.17) is 9.52 Å². The Balaban J connectivity index is 1.41. The highest BCUT2D eigenvalue weighted by atomic mass is 16.3. The van der Waals surface area contributed by atoms with E-state index in [0.717, 1.165) is 22.5 Å². The van der Waals surface area contributed by atoms with E-state index >= 15 is 0 Å². The number of aromatic nitrogens is 2. The van der Waals surface area contributed by atoms with Gasteiger partial charge in [0.1, 0.15) is 18.1 Å². The summed E-state index contributed by atoms with van der Waals surface area (Å²) < 4.78 is 7.20. The predicted octanol–water partition coefficient (Wildman–Crippen LogP) is 6.71. The Morgan fingerprint density at radius 3 is 2.17 bits per heavy atom. The summed E-state index contributed by atoms with van der Waals surface area (Å²) in [6.45, 7) is 6.37. The molecule has 7 nitrogen and oxygen atoms in total. The summed E-state index contributed by atoms with van der Waals surface area (Å²) in [5, 5.41) is 7.74. The Morgan fingerprint density at radius 1 is 0.875 bits per heavy atom. The Bertz CT molecular complexity index is 1570. The topological polar surface area (TPSA) is 80.4 Å². The number of nitrogens with zero attached hydrogens (tertiary/aromatic N) is 3. The molecule has 40 heavy (non-hydrogen) atoms. The molecule has 2 amide bonds. The molecule has 0 aliphatic rings. The molecule has 0 saturated carbocycles. The van der Waals surface area contributed by atoms with Crippen LogP contribution in [0.5, 0.6) is 0 Å². The molecular weight excluding hydrogens is 500 g/mol. The van der Waals surface area contributed by atoms with Crippen LogP contribution < -0.4 is 5.32 Å². The minimum absolute atomic E-state index is 0.0321. The van der Waals surface area contributed by atoms with Gasteiger partial charge in [-0.2, -0.15) is 5.10 Å². The lowest BCUT2D eigenvalue weighted by atomic mass is 9.86. The van der Waals surface area contributed by atoms with Crippen LogP contribution in [0.1, 0.15) is 42.5 Å². The van der Waals surface area contributed by atoms with E-state index in [9.17, 15) is 9.59 Å². The molecule has 0 aliphatic heterocycles. The second-order valence-corrected chi connectivity index (χ2v) is 10.6. The van der Waals surface area contributed by atoms with E-state index in [1.807, 2.05) is 91.0 Å². The Kier molecular flexibility index (Phi) is 7.64. The monoisotopic (exact) mass is 532 g/mol. The molecular formula is C33H32N4O3. The van der Waals surface area contributed by atoms with Gasteiger partial charge in [-0.05, 0) is 47.4 Å². The molecule has 202 valence electrons. The van der Waals surface area contributed by atoms with Gasteiger partial charge in [-0.25, -0.2) is 4.68 Å². The molecule has 0 atom stereocenters. The molecule has 5 aromatic rings. The van der Waals surface area contributed by atoms with Gasteiger partial charge in [-0.3, -0.25) is 9.59 Å². The molecule has 0 saturated heterocycles. The average Bonchev–Trinajstić information content (AvgIpc) is 3.63. The number of carbonyl (C=O) groups excluding carboxylic acids is 2. The zero-order valence-corrected chi connectivity index (χ0v) is 22.9. The Labute approximate surface area is 234 Å². The molecule has 0 fully saturated rings. The maximum atomic E-state index is 13.6. The molecule has 7 heteroatoms. The third kappa shape index (κ3) is 6.21. The van der Waals surface area contributed by atoms with Crippen molar-refractivity contribution in [1.82, 2.24) is 14.7 Å². The molecule has 0 bridgehead atoms. The minimum atomic E-state index is -0.345. The first-order chi connectivity index (χ1) is 19.3. The number of amides is 2. The van der Waals surface area contributed by atoms with E-state index in [0.29, 0.717) is 17.1 Å². The van der Waals surface area contributed by atoms with Gasteiger partial charge in [0.2, 0.25) is 5.91 Å². The summed E-state index contributed by atoms with van der Waals surface area (Å²) in [6.07, 6.45) is 1.56. The predicted molar refractivity (Wildman–Crippen MR) is 156 cm³/mol. The van der Waals surface area contributed by atoms with Crippen molar-refractivity contribution < 1.29 is 14.0 Å². The Morgan fingerprint density at radius 2 is 1.55 bits per heavy atom. The van der Waals surface area contributed by atoms with Gasteiger partial charge >= 0.3 is 0 Å². The standard InChI is InChI=1S/C33H32N4O3/c1-33(2,3)26-18-16-25(17-19-26)32(39)36(22-28-15-10-20-40-28)23-31(38)34-30-21-29(24-11-6-4-7-12-24)35-37(30)27-13-8-5-9-14-27/h4-21H,22-23H2,1-3H3,(H,34,38). The number of carbonyl (C=O) groups is 2. The van der Waals surface area contributed by atoms with Crippen molar-refractivity contribution >= 4 is 17.6 Å². The van der Waals surface area contributed by atoms with Crippen molar-refractivity contribution in [2.24, 2.45) is 0 Å². The number of hydrogen-bond acceptors (Lipinski definition) is 4. The maximum Gasteiger partial charge on any atom is 0.254 e. The summed E-state index contributed by atoms with van der Waals surface area (Å²) in [5.41, 5.74) is 4.07. The van der Waals surface area contributed by atoms with Crippen molar-refractivity contribution in [3.8, 4) is 16.9 Å². The number of hydrogen-bond donors (Lipinski definition) is 1. The second kappa shape index (κ2) is 11.5. The quantitative estimate of drug-likeness (QED) is 0.241.